The number of carbonyl (C=O) groups excluding carboxylic acids is 1. The van der Waals surface area contributed by atoms with Crippen molar-refractivity contribution in [1.29, 1.82) is 0 Å². The number of imidazole rings is 1. The number of H-pyrrole nitrogens is 1. The van der Waals surface area contributed by atoms with E-state index in [1.54, 1.807) is 0 Å². The highest BCUT2D eigenvalue weighted by Gasteiger charge is 2.32. The molecule has 0 aromatic carbocycles. The van der Waals surface area contributed by atoms with Crippen LogP contribution in [0.5, 0.6) is 0 Å². The van der Waals surface area contributed by atoms with Gasteiger partial charge in [0.25, 0.3) is 5.56 Å². The minimum Gasteiger partial charge on any atom is -0.462 e. The summed E-state index contributed by atoms with van der Waals surface area (Å²) in [6.45, 7) is 3.58. The number of aromatic amines is 1. The SMILES string of the molecule is C=CCn1c(=O)n(C2CCC(COC(=O)CN)O2)c2nc(N)[nH]c(=O)c21. The molecule has 0 bridgehead atoms. The van der Waals surface area contributed by atoms with Crippen molar-refractivity contribution < 1.29 is 14.3 Å². The van der Waals surface area contributed by atoms with Crippen LogP contribution in [0.25, 0.3) is 11.2 Å². The molecule has 1 fully saturated rings. The van der Waals surface area contributed by atoms with E-state index in [1.807, 2.05) is 0 Å². The van der Waals surface area contributed by atoms with Gasteiger partial charge in [-0.25, -0.2) is 9.36 Å². The third kappa shape index (κ3) is 3.13. The average molecular weight is 364 g/mol. The number of ether oxygens (including phenoxy) is 2. The Hall–Kier alpha value is -2.92. The standard InChI is InChI=1S/C15H20N6O5/c1-2-5-20-11-12(18-14(17)19-13(11)23)21(15(20)24)9-4-3-8(26-9)7-25-10(22)6-16/h2,8-9H,1,3-7,16H2,(H3,17,18,19,23). The van der Waals surface area contributed by atoms with Gasteiger partial charge in [-0.2, -0.15) is 4.98 Å². The van der Waals surface area contributed by atoms with Crippen molar-refractivity contribution in [2.75, 3.05) is 18.9 Å². The van der Waals surface area contributed by atoms with Gasteiger partial charge in [0.15, 0.2) is 11.2 Å². The molecule has 2 aromatic rings. The summed E-state index contributed by atoms with van der Waals surface area (Å²) in [6, 6.07) is 0. The summed E-state index contributed by atoms with van der Waals surface area (Å²) >= 11 is 0. The topological polar surface area (TPSA) is 160 Å². The molecule has 11 heteroatoms. The number of nitrogens with two attached hydrogens (primary N) is 2. The zero-order valence-electron chi connectivity index (χ0n) is 14.0. The minimum atomic E-state index is -0.647. The van der Waals surface area contributed by atoms with E-state index in [0.29, 0.717) is 12.8 Å². The second-order valence-electron chi connectivity index (χ2n) is 5.85. The van der Waals surface area contributed by atoms with E-state index < -0.39 is 23.4 Å². The lowest BCUT2D eigenvalue weighted by atomic mass is 10.2. The summed E-state index contributed by atoms with van der Waals surface area (Å²) in [5.74, 6) is -0.629. The lowest BCUT2D eigenvalue weighted by Gasteiger charge is -2.14. The van der Waals surface area contributed by atoms with E-state index in [2.05, 4.69) is 16.5 Å². The van der Waals surface area contributed by atoms with Gasteiger partial charge < -0.3 is 20.9 Å². The van der Waals surface area contributed by atoms with Crippen LogP contribution >= 0.6 is 0 Å². The molecule has 140 valence electrons. The van der Waals surface area contributed by atoms with Crippen LogP contribution in [-0.2, 0) is 20.8 Å². The predicted molar refractivity (Wildman–Crippen MR) is 92.4 cm³/mol. The average Bonchev–Trinajstić information content (AvgIpc) is 3.16. The van der Waals surface area contributed by atoms with Gasteiger partial charge in [-0.15, -0.1) is 6.58 Å². The Balaban J connectivity index is 1.97. The molecule has 3 rings (SSSR count). The summed E-state index contributed by atoms with van der Waals surface area (Å²) in [4.78, 5) is 42.7. The summed E-state index contributed by atoms with van der Waals surface area (Å²) in [5, 5.41) is 0. The Kier molecular flexibility index (Phi) is 4.91. The molecule has 1 aliphatic rings. The van der Waals surface area contributed by atoms with E-state index >= 15 is 0 Å². The van der Waals surface area contributed by atoms with Gasteiger partial charge in [0.2, 0.25) is 5.95 Å². The smallest absolute Gasteiger partial charge is 0.332 e. The molecular weight excluding hydrogens is 344 g/mol. The fourth-order valence-corrected chi connectivity index (χ4v) is 3.00. The van der Waals surface area contributed by atoms with E-state index in [1.165, 1.54) is 15.2 Å². The van der Waals surface area contributed by atoms with E-state index in [4.69, 9.17) is 20.9 Å². The van der Waals surface area contributed by atoms with Gasteiger partial charge in [-0.3, -0.25) is 19.1 Å². The van der Waals surface area contributed by atoms with Crippen LogP contribution in [0.15, 0.2) is 22.2 Å². The van der Waals surface area contributed by atoms with Gasteiger partial charge in [0, 0.05) is 6.54 Å². The van der Waals surface area contributed by atoms with Gasteiger partial charge in [0.1, 0.15) is 12.8 Å². The maximum absolute atomic E-state index is 12.8. The van der Waals surface area contributed by atoms with Crippen molar-refractivity contribution in [2.45, 2.75) is 31.7 Å². The normalized spacial score (nSPS) is 19.7. The first-order valence-corrected chi connectivity index (χ1v) is 8.08. The Morgan fingerprint density at radius 1 is 1.46 bits per heavy atom. The monoisotopic (exact) mass is 364 g/mol. The number of esters is 1. The molecule has 0 saturated carbocycles. The highest BCUT2D eigenvalue weighted by atomic mass is 16.6. The number of nitrogens with one attached hydrogen (secondary N) is 1. The van der Waals surface area contributed by atoms with Gasteiger partial charge in [-0.05, 0) is 12.8 Å². The van der Waals surface area contributed by atoms with Gasteiger partial charge in [0.05, 0.1) is 12.6 Å². The first-order chi connectivity index (χ1) is 12.5. The molecule has 0 aliphatic carbocycles. The molecule has 5 N–H and O–H groups in total. The molecule has 11 nitrogen and oxygen atoms in total. The number of nitrogens with zero attached hydrogens (tertiary/aromatic N) is 3. The zero-order chi connectivity index (χ0) is 18.8. The molecule has 2 atom stereocenters. The summed E-state index contributed by atoms with van der Waals surface area (Å²) < 4.78 is 13.4. The number of rotatable bonds is 6. The Bertz CT molecular complexity index is 958. The summed E-state index contributed by atoms with van der Waals surface area (Å²) in [7, 11) is 0. The van der Waals surface area contributed by atoms with E-state index in [9.17, 15) is 14.4 Å². The Morgan fingerprint density at radius 3 is 2.92 bits per heavy atom. The molecular formula is C15H20N6O5. The predicted octanol–water partition coefficient (Wildman–Crippen LogP) is -1.17. The van der Waals surface area contributed by atoms with Crippen molar-refractivity contribution in [3.63, 3.8) is 0 Å². The minimum absolute atomic E-state index is 0.0444. The molecule has 1 saturated heterocycles. The Labute approximate surface area is 147 Å². The molecule has 0 spiro atoms. The number of carbonyl (C=O) groups is 1. The number of nitrogen functional groups attached to an aromatic ring is 1. The second-order valence-corrected chi connectivity index (χ2v) is 5.85. The lowest BCUT2D eigenvalue weighted by Crippen LogP contribution is -2.29. The second kappa shape index (κ2) is 7.14. The maximum Gasteiger partial charge on any atom is 0.332 e. The third-order valence-corrected chi connectivity index (χ3v) is 4.11. The van der Waals surface area contributed by atoms with Crippen molar-refractivity contribution >= 4 is 23.1 Å². The number of allylic oxidation sites excluding steroid dienone is 1. The van der Waals surface area contributed by atoms with Crippen molar-refractivity contribution in [3.8, 4) is 0 Å². The van der Waals surface area contributed by atoms with E-state index in [-0.39, 0.29) is 42.9 Å². The number of hydrogen-bond acceptors (Lipinski definition) is 8. The van der Waals surface area contributed by atoms with Crippen LogP contribution in [0, 0.1) is 0 Å². The van der Waals surface area contributed by atoms with Crippen LogP contribution in [0.4, 0.5) is 5.95 Å². The number of aromatic nitrogens is 4. The van der Waals surface area contributed by atoms with Crippen LogP contribution in [0.3, 0.4) is 0 Å². The zero-order valence-corrected chi connectivity index (χ0v) is 14.0. The summed E-state index contributed by atoms with van der Waals surface area (Å²) in [5.41, 5.74) is 10.1. The summed E-state index contributed by atoms with van der Waals surface area (Å²) in [6.07, 6.45) is 1.55. The highest BCUT2D eigenvalue weighted by Crippen LogP contribution is 2.29. The lowest BCUT2D eigenvalue weighted by molar-refractivity contribution is -0.146. The van der Waals surface area contributed by atoms with Gasteiger partial charge in [-0.1, -0.05) is 6.08 Å². The van der Waals surface area contributed by atoms with Crippen LogP contribution in [-0.4, -0.2) is 44.3 Å². The molecule has 1 aliphatic heterocycles. The number of fused-ring (bicyclic) bond motifs is 1. The van der Waals surface area contributed by atoms with Crippen LogP contribution in [0.1, 0.15) is 19.1 Å². The van der Waals surface area contributed by atoms with Crippen molar-refractivity contribution in [3.05, 3.63) is 33.5 Å². The van der Waals surface area contributed by atoms with Gasteiger partial charge >= 0.3 is 11.7 Å². The molecule has 26 heavy (non-hydrogen) atoms. The molecule has 2 aromatic heterocycles. The van der Waals surface area contributed by atoms with Crippen LogP contribution < -0.4 is 22.7 Å². The highest BCUT2D eigenvalue weighted by molar-refractivity contribution is 5.72. The first kappa shape index (κ1) is 17.9. The largest absolute Gasteiger partial charge is 0.462 e. The Morgan fingerprint density at radius 2 is 2.23 bits per heavy atom. The van der Waals surface area contributed by atoms with E-state index in [0.717, 1.165) is 0 Å². The fraction of sp³-hybridized carbons (Fsp3) is 0.467. The number of anilines is 1. The maximum atomic E-state index is 12.8. The quantitative estimate of drug-likeness (QED) is 0.427. The third-order valence-electron chi connectivity index (χ3n) is 4.11. The molecule has 3 heterocycles. The molecule has 0 radical (unpaired) electrons. The van der Waals surface area contributed by atoms with Crippen LogP contribution in [0.2, 0.25) is 0 Å². The number of hydrogen-bond donors (Lipinski definition) is 3. The van der Waals surface area contributed by atoms with Crippen molar-refractivity contribution in [1.82, 2.24) is 19.1 Å². The fourth-order valence-electron chi connectivity index (χ4n) is 3.00. The first-order valence-electron chi connectivity index (χ1n) is 8.08. The molecule has 2 unspecified atom stereocenters. The molecule has 0 amide bonds. The van der Waals surface area contributed by atoms with Crippen molar-refractivity contribution in [2.24, 2.45) is 5.73 Å².